The molecule has 152 valence electrons. The third-order valence-electron chi connectivity index (χ3n) is 4.13. The predicted octanol–water partition coefficient (Wildman–Crippen LogP) is 3.56. The van der Waals surface area contributed by atoms with Crippen molar-refractivity contribution in [1.82, 2.24) is 24.9 Å². The highest BCUT2D eigenvalue weighted by Gasteiger charge is 2.11. The highest BCUT2D eigenvalue weighted by molar-refractivity contribution is 7.99. The Morgan fingerprint density at radius 3 is 2.55 bits per heavy atom. The largest absolute Gasteiger partial charge is 0.492 e. The summed E-state index contributed by atoms with van der Waals surface area (Å²) in [5.41, 5.74) is 1.92. The molecule has 0 N–H and O–H groups in total. The van der Waals surface area contributed by atoms with Crippen molar-refractivity contribution >= 4 is 29.3 Å². The fourth-order valence-corrected chi connectivity index (χ4v) is 3.45. The van der Waals surface area contributed by atoms with Crippen LogP contribution < -0.4 is 4.74 Å². The maximum atomic E-state index is 12.3. The lowest BCUT2D eigenvalue weighted by molar-refractivity contribution is -0.127. The minimum atomic E-state index is -0.000807. The molecule has 29 heavy (non-hydrogen) atoms. The summed E-state index contributed by atoms with van der Waals surface area (Å²) >= 11 is 7.20. The van der Waals surface area contributed by atoms with Gasteiger partial charge in [0, 0.05) is 17.8 Å². The first-order valence-corrected chi connectivity index (χ1v) is 10.4. The second-order valence-electron chi connectivity index (χ2n) is 6.48. The van der Waals surface area contributed by atoms with E-state index in [1.54, 1.807) is 40.9 Å². The van der Waals surface area contributed by atoms with Gasteiger partial charge >= 0.3 is 0 Å². The van der Waals surface area contributed by atoms with E-state index in [-0.39, 0.29) is 11.7 Å². The molecule has 0 aliphatic rings. The Labute approximate surface area is 179 Å². The number of carbonyl (C=O) groups excluding carboxylic acids is 1. The number of aromatic nitrogens is 4. The van der Waals surface area contributed by atoms with Gasteiger partial charge in [-0.2, -0.15) is 5.10 Å². The molecule has 3 rings (SSSR count). The zero-order chi connectivity index (χ0) is 20.8. The van der Waals surface area contributed by atoms with Gasteiger partial charge in [-0.3, -0.25) is 4.79 Å². The summed E-state index contributed by atoms with van der Waals surface area (Å²) in [5.74, 6) is 1.66. The Bertz CT molecular complexity index is 960. The quantitative estimate of drug-likeness (QED) is 0.508. The number of carbonyl (C=O) groups is 1. The summed E-state index contributed by atoms with van der Waals surface area (Å²) < 4.78 is 7.37. The van der Waals surface area contributed by atoms with Gasteiger partial charge in [0.25, 0.3) is 0 Å². The fourth-order valence-electron chi connectivity index (χ4n) is 2.57. The Morgan fingerprint density at radius 1 is 1.17 bits per heavy atom. The zero-order valence-corrected chi connectivity index (χ0v) is 18.1. The van der Waals surface area contributed by atoms with Gasteiger partial charge in [-0.15, -0.1) is 10.2 Å². The lowest BCUT2D eigenvalue weighted by Crippen LogP contribution is -2.32. The molecular formula is C20H22ClN5O2S. The van der Waals surface area contributed by atoms with Gasteiger partial charge in [0.15, 0.2) is 5.82 Å². The third kappa shape index (κ3) is 5.95. The van der Waals surface area contributed by atoms with Crippen molar-refractivity contribution in [2.45, 2.75) is 18.9 Å². The van der Waals surface area contributed by atoms with E-state index >= 15 is 0 Å². The van der Waals surface area contributed by atoms with Gasteiger partial charge in [-0.1, -0.05) is 23.4 Å². The van der Waals surface area contributed by atoms with Crippen LogP contribution in [-0.4, -0.2) is 56.7 Å². The van der Waals surface area contributed by atoms with Gasteiger partial charge in [0.2, 0.25) is 5.91 Å². The van der Waals surface area contributed by atoms with Gasteiger partial charge in [0.05, 0.1) is 18.0 Å². The summed E-state index contributed by atoms with van der Waals surface area (Å²) in [6.45, 7) is 4.80. The Hall–Kier alpha value is -2.58. The molecule has 2 aromatic heterocycles. The topological polar surface area (TPSA) is 73.1 Å². The SMILES string of the molecule is Cc1cc(C)n(-c2ccc(SCC(=O)N(C)CCOc3ccc(Cl)cc3)nn2)n1. The number of rotatable bonds is 8. The summed E-state index contributed by atoms with van der Waals surface area (Å²) in [7, 11) is 1.76. The van der Waals surface area contributed by atoms with E-state index in [0.29, 0.717) is 29.0 Å². The molecule has 0 unspecified atom stereocenters. The van der Waals surface area contributed by atoms with Crippen LogP contribution in [-0.2, 0) is 4.79 Å². The van der Waals surface area contributed by atoms with E-state index < -0.39 is 0 Å². The van der Waals surface area contributed by atoms with Crippen LogP contribution in [0, 0.1) is 13.8 Å². The Balaban J connectivity index is 1.44. The minimum absolute atomic E-state index is 0.000807. The summed E-state index contributed by atoms with van der Waals surface area (Å²) in [4.78, 5) is 13.9. The molecule has 0 aliphatic carbocycles. The van der Waals surface area contributed by atoms with E-state index in [9.17, 15) is 4.79 Å². The second kappa shape index (κ2) is 9.76. The number of likely N-dealkylation sites (N-methyl/N-ethyl adjacent to an activating group) is 1. The van der Waals surface area contributed by atoms with Crippen molar-refractivity contribution < 1.29 is 9.53 Å². The number of benzene rings is 1. The summed E-state index contributed by atoms with van der Waals surface area (Å²) in [6, 6.07) is 12.8. The van der Waals surface area contributed by atoms with E-state index in [1.165, 1.54) is 11.8 Å². The molecule has 1 aromatic carbocycles. The predicted molar refractivity (Wildman–Crippen MR) is 114 cm³/mol. The number of halogens is 1. The molecule has 9 heteroatoms. The lowest BCUT2D eigenvalue weighted by atomic mass is 10.3. The molecule has 0 bridgehead atoms. The average Bonchev–Trinajstić information content (AvgIpc) is 3.06. The van der Waals surface area contributed by atoms with Gasteiger partial charge in [-0.05, 0) is 56.3 Å². The number of amides is 1. The summed E-state index contributed by atoms with van der Waals surface area (Å²) in [5, 5.41) is 14.1. The normalized spacial score (nSPS) is 10.8. The molecule has 7 nitrogen and oxygen atoms in total. The molecular weight excluding hydrogens is 410 g/mol. The first-order chi connectivity index (χ1) is 13.9. The van der Waals surface area contributed by atoms with Crippen LogP contribution in [0.15, 0.2) is 47.5 Å². The molecule has 0 radical (unpaired) electrons. The Morgan fingerprint density at radius 2 is 1.93 bits per heavy atom. The maximum Gasteiger partial charge on any atom is 0.232 e. The van der Waals surface area contributed by atoms with Crippen LogP contribution in [0.3, 0.4) is 0 Å². The smallest absolute Gasteiger partial charge is 0.232 e. The van der Waals surface area contributed by atoms with E-state index in [2.05, 4.69) is 15.3 Å². The number of hydrogen-bond donors (Lipinski definition) is 0. The van der Waals surface area contributed by atoms with Gasteiger partial charge in [0.1, 0.15) is 17.4 Å². The molecule has 0 spiro atoms. The standard InChI is InChI=1S/C20H22ClN5O2S/c1-14-12-15(2)26(24-14)18-8-9-19(23-22-18)29-13-20(27)25(3)10-11-28-17-6-4-16(21)5-7-17/h4-9,12H,10-11,13H2,1-3H3. The zero-order valence-electron chi connectivity index (χ0n) is 16.5. The van der Waals surface area contributed by atoms with Crippen molar-refractivity contribution in [3.63, 3.8) is 0 Å². The van der Waals surface area contributed by atoms with E-state index in [0.717, 1.165) is 17.1 Å². The van der Waals surface area contributed by atoms with Gasteiger partial charge < -0.3 is 9.64 Å². The van der Waals surface area contributed by atoms with Crippen LogP contribution in [0.4, 0.5) is 0 Å². The highest BCUT2D eigenvalue weighted by Crippen LogP contribution is 2.17. The van der Waals surface area contributed by atoms with Crippen molar-refractivity contribution in [2.75, 3.05) is 26.0 Å². The molecule has 0 saturated heterocycles. The summed E-state index contributed by atoms with van der Waals surface area (Å²) in [6.07, 6.45) is 0. The molecule has 2 heterocycles. The minimum Gasteiger partial charge on any atom is -0.492 e. The first-order valence-electron chi connectivity index (χ1n) is 9.05. The number of nitrogens with zero attached hydrogens (tertiary/aromatic N) is 5. The van der Waals surface area contributed by atoms with Crippen molar-refractivity contribution in [3.05, 3.63) is 58.9 Å². The number of thioether (sulfide) groups is 1. The fraction of sp³-hybridized carbons (Fsp3) is 0.300. The van der Waals surface area contributed by atoms with Crippen LogP contribution in [0.2, 0.25) is 5.02 Å². The third-order valence-corrected chi connectivity index (χ3v) is 5.29. The highest BCUT2D eigenvalue weighted by atomic mass is 35.5. The van der Waals surface area contributed by atoms with E-state index in [1.807, 2.05) is 32.0 Å². The average molecular weight is 432 g/mol. The number of ether oxygens (including phenoxy) is 1. The molecule has 0 atom stereocenters. The van der Waals surface area contributed by atoms with E-state index in [4.69, 9.17) is 16.3 Å². The Kier molecular flexibility index (Phi) is 7.11. The molecule has 3 aromatic rings. The number of aryl methyl sites for hydroxylation is 2. The first kappa shape index (κ1) is 21.1. The lowest BCUT2D eigenvalue weighted by Gasteiger charge is -2.17. The maximum absolute atomic E-state index is 12.3. The van der Waals surface area contributed by atoms with Crippen molar-refractivity contribution in [2.24, 2.45) is 0 Å². The van der Waals surface area contributed by atoms with Crippen LogP contribution in [0.1, 0.15) is 11.4 Å². The molecule has 0 saturated carbocycles. The second-order valence-corrected chi connectivity index (χ2v) is 7.91. The van der Waals surface area contributed by atoms with Crippen LogP contribution in [0.5, 0.6) is 5.75 Å². The van der Waals surface area contributed by atoms with Gasteiger partial charge in [-0.25, -0.2) is 4.68 Å². The molecule has 1 amide bonds. The van der Waals surface area contributed by atoms with Crippen molar-refractivity contribution in [1.29, 1.82) is 0 Å². The molecule has 0 aliphatic heterocycles. The van der Waals surface area contributed by atoms with Crippen molar-refractivity contribution in [3.8, 4) is 11.6 Å². The number of hydrogen-bond acceptors (Lipinski definition) is 6. The van der Waals surface area contributed by atoms with Crippen LogP contribution >= 0.6 is 23.4 Å². The molecule has 0 fully saturated rings. The monoisotopic (exact) mass is 431 g/mol. The van der Waals surface area contributed by atoms with Crippen LogP contribution in [0.25, 0.3) is 5.82 Å².